The highest BCUT2D eigenvalue weighted by Gasteiger charge is 2.24. The quantitative estimate of drug-likeness (QED) is 0.943. The van der Waals surface area contributed by atoms with Crippen molar-refractivity contribution in [1.82, 2.24) is 5.32 Å². The number of carbonyl (C=O) groups excluding carboxylic acids is 1. The molecule has 1 unspecified atom stereocenters. The summed E-state index contributed by atoms with van der Waals surface area (Å²) in [6.07, 6.45) is 0.207. The van der Waals surface area contributed by atoms with Crippen LogP contribution in [0.5, 0.6) is 0 Å². The summed E-state index contributed by atoms with van der Waals surface area (Å²) < 4.78 is 0. The van der Waals surface area contributed by atoms with Crippen LogP contribution in [0.15, 0.2) is 46.9 Å². The van der Waals surface area contributed by atoms with Crippen LogP contribution in [0, 0.1) is 6.92 Å². The maximum Gasteiger partial charge on any atom is 0.254 e. The predicted octanol–water partition coefficient (Wildman–Crippen LogP) is 2.94. The first-order valence-electron chi connectivity index (χ1n) is 6.36. The van der Waals surface area contributed by atoms with E-state index in [-0.39, 0.29) is 12.1 Å². The Morgan fingerprint density at radius 1 is 1.35 bits per heavy atom. The summed E-state index contributed by atoms with van der Waals surface area (Å²) in [6, 6.07) is 11.4. The van der Waals surface area contributed by atoms with Crippen molar-refractivity contribution in [3.05, 3.63) is 57.8 Å². The number of benzene rings is 1. The lowest BCUT2D eigenvalue weighted by Gasteiger charge is -2.10. The molecule has 102 valence electrons. The highest BCUT2D eigenvalue weighted by Crippen LogP contribution is 2.19. The van der Waals surface area contributed by atoms with E-state index in [2.05, 4.69) is 10.5 Å². The summed E-state index contributed by atoms with van der Waals surface area (Å²) in [5, 5.41) is 8.86. The number of amides is 1. The topological polar surface area (TPSA) is 50.7 Å². The molecule has 5 heteroatoms. The van der Waals surface area contributed by atoms with Gasteiger partial charge in [-0.05, 0) is 30.5 Å². The first kappa shape index (κ1) is 12.9. The molecular weight excluding hydrogens is 272 g/mol. The number of oxime groups is 1. The lowest BCUT2D eigenvalue weighted by atomic mass is 10.1. The summed E-state index contributed by atoms with van der Waals surface area (Å²) in [6.45, 7) is 1.99. The highest BCUT2D eigenvalue weighted by molar-refractivity contribution is 7.12. The van der Waals surface area contributed by atoms with Gasteiger partial charge in [-0.25, -0.2) is 0 Å². The Labute approximate surface area is 121 Å². The fourth-order valence-corrected chi connectivity index (χ4v) is 2.70. The van der Waals surface area contributed by atoms with Gasteiger partial charge in [-0.2, -0.15) is 0 Å². The van der Waals surface area contributed by atoms with Crippen molar-refractivity contribution in [3.63, 3.8) is 0 Å². The number of nitrogens with one attached hydrogen (secondary N) is 1. The largest absolute Gasteiger partial charge is 0.370 e. The van der Waals surface area contributed by atoms with Gasteiger partial charge >= 0.3 is 0 Å². The first-order valence-corrected chi connectivity index (χ1v) is 7.24. The van der Waals surface area contributed by atoms with Gasteiger partial charge in [-0.15, -0.1) is 11.3 Å². The zero-order valence-electron chi connectivity index (χ0n) is 11.0. The van der Waals surface area contributed by atoms with Gasteiger partial charge in [-0.3, -0.25) is 4.79 Å². The van der Waals surface area contributed by atoms with Gasteiger partial charge < -0.3 is 10.2 Å². The van der Waals surface area contributed by atoms with E-state index in [0.717, 1.165) is 16.2 Å². The molecule has 1 atom stereocenters. The Morgan fingerprint density at radius 2 is 2.15 bits per heavy atom. The SMILES string of the molecule is Cc1ccc(C(=O)NC2CC(c3cccs3)=NO2)cc1. The molecule has 3 rings (SSSR count). The summed E-state index contributed by atoms with van der Waals surface area (Å²) in [4.78, 5) is 18.4. The lowest BCUT2D eigenvalue weighted by Crippen LogP contribution is -2.34. The van der Waals surface area contributed by atoms with Gasteiger partial charge in [0.25, 0.3) is 5.91 Å². The lowest BCUT2D eigenvalue weighted by molar-refractivity contribution is 0.0502. The Kier molecular flexibility index (Phi) is 3.52. The molecule has 0 aliphatic carbocycles. The molecule has 0 spiro atoms. The van der Waals surface area contributed by atoms with E-state index < -0.39 is 0 Å². The molecule has 0 radical (unpaired) electrons. The number of rotatable bonds is 3. The van der Waals surface area contributed by atoms with Crippen LogP contribution in [-0.2, 0) is 4.84 Å². The minimum atomic E-state index is -0.388. The number of hydrogen-bond acceptors (Lipinski definition) is 4. The minimum absolute atomic E-state index is 0.141. The van der Waals surface area contributed by atoms with E-state index in [9.17, 15) is 4.79 Å². The highest BCUT2D eigenvalue weighted by atomic mass is 32.1. The molecule has 4 nitrogen and oxygen atoms in total. The van der Waals surface area contributed by atoms with Crippen molar-refractivity contribution in [3.8, 4) is 0 Å². The average Bonchev–Trinajstić information content (AvgIpc) is 3.09. The zero-order chi connectivity index (χ0) is 13.9. The summed E-state index contributed by atoms with van der Waals surface area (Å²) >= 11 is 1.62. The normalized spacial score (nSPS) is 17.4. The molecule has 0 fully saturated rings. The molecule has 20 heavy (non-hydrogen) atoms. The molecule has 1 aromatic carbocycles. The maximum absolute atomic E-state index is 12.1. The fraction of sp³-hybridized carbons (Fsp3) is 0.200. The van der Waals surface area contributed by atoms with Gasteiger partial charge in [-0.1, -0.05) is 28.9 Å². The molecule has 1 N–H and O–H groups in total. The van der Waals surface area contributed by atoms with Crippen LogP contribution in [0.4, 0.5) is 0 Å². The molecule has 0 saturated heterocycles. The van der Waals surface area contributed by atoms with Crippen molar-refractivity contribution in [1.29, 1.82) is 0 Å². The molecule has 2 heterocycles. The molecular formula is C15H14N2O2S. The molecule has 1 aromatic heterocycles. The molecule has 0 saturated carbocycles. The predicted molar refractivity (Wildman–Crippen MR) is 79.0 cm³/mol. The minimum Gasteiger partial charge on any atom is -0.370 e. The zero-order valence-corrected chi connectivity index (χ0v) is 11.8. The summed E-state index contributed by atoms with van der Waals surface area (Å²) in [5.41, 5.74) is 2.64. The van der Waals surface area contributed by atoms with Crippen LogP contribution < -0.4 is 5.32 Å². The second-order valence-electron chi connectivity index (χ2n) is 4.65. The smallest absolute Gasteiger partial charge is 0.254 e. The van der Waals surface area contributed by atoms with Gasteiger partial charge in [0.05, 0.1) is 11.3 Å². The monoisotopic (exact) mass is 286 g/mol. The van der Waals surface area contributed by atoms with E-state index in [4.69, 9.17) is 4.84 Å². The summed E-state index contributed by atoms with van der Waals surface area (Å²) in [5.74, 6) is -0.141. The fourth-order valence-electron chi connectivity index (χ4n) is 1.98. The van der Waals surface area contributed by atoms with Crippen LogP contribution in [0.2, 0.25) is 0 Å². The van der Waals surface area contributed by atoms with Crippen LogP contribution >= 0.6 is 11.3 Å². The van der Waals surface area contributed by atoms with Crippen LogP contribution in [0.1, 0.15) is 27.2 Å². The van der Waals surface area contributed by atoms with Crippen molar-refractivity contribution in [2.45, 2.75) is 19.6 Å². The summed E-state index contributed by atoms with van der Waals surface area (Å²) in [7, 11) is 0. The van der Waals surface area contributed by atoms with E-state index in [1.165, 1.54) is 0 Å². The third kappa shape index (κ3) is 2.72. The Morgan fingerprint density at radius 3 is 2.85 bits per heavy atom. The molecule has 0 bridgehead atoms. The number of hydrogen-bond donors (Lipinski definition) is 1. The van der Waals surface area contributed by atoms with Crippen LogP contribution in [-0.4, -0.2) is 17.8 Å². The van der Waals surface area contributed by atoms with Gasteiger partial charge in [0.1, 0.15) is 5.71 Å². The maximum atomic E-state index is 12.1. The van der Waals surface area contributed by atoms with Gasteiger partial charge in [0.2, 0.25) is 6.23 Å². The Hall–Kier alpha value is -2.14. The number of carbonyl (C=O) groups is 1. The van der Waals surface area contributed by atoms with Crippen molar-refractivity contribution < 1.29 is 9.63 Å². The standard InChI is InChI=1S/C15H14N2O2S/c1-10-4-6-11(7-5-10)15(18)16-14-9-12(17-19-14)13-3-2-8-20-13/h2-8,14H,9H2,1H3,(H,16,18). The van der Waals surface area contributed by atoms with E-state index in [1.54, 1.807) is 23.5 Å². The molecule has 1 aliphatic heterocycles. The first-order chi connectivity index (χ1) is 9.72. The van der Waals surface area contributed by atoms with Crippen molar-refractivity contribution in [2.75, 3.05) is 0 Å². The second-order valence-corrected chi connectivity index (χ2v) is 5.60. The Balaban J connectivity index is 1.60. The van der Waals surface area contributed by atoms with Crippen LogP contribution in [0.25, 0.3) is 0 Å². The number of aryl methyl sites for hydroxylation is 1. The number of thiophene rings is 1. The van der Waals surface area contributed by atoms with E-state index >= 15 is 0 Å². The van der Waals surface area contributed by atoms with Gasteiger partial charge in [0.15, 0.2) is 0 Å². The number of nitrogens with zero attached hydrogens (tertiary/aromatic N) is 1. The third-order valence-corrected chi connectivity index (χ3v) is 4.00. The van der Waals surface area contributed by atoms with Crippen molar-refractivity contribution in [2.24, 2.45) is 5.16 Å². The van der Waals surface area contributed by atoms with Crippen molar-refractivity contribution >= 4 is 23.0 Å². The third-order valence-electron chi connectivity index (χ3n) is 3.08. The average molecular weight is 286 g/mol. The van der Waals surface area contributed by atoms with E-state index in [1.807, 2.05) is 36.6 Å². The molecule has 1 amide bonds. The molecule has 2 aromatic rings. The van der Waals surface area contributed by atoms with Gasteiger partial charge in [0, 0.05) is 5.56 Å². The van der Waals surface area contributed by atoms with Crippen LogP contribution in [0.3, 0.4) is 0 Å². The molecule has 1 aliphatic rings. The Bertz CT molecular complexity index is 632. The van der Waals surface area contributed by atoms with E-state index in [0.29, 0.717) is 12.0 Å². The second kappa shape index (κ2) is 5.46.